The number of hydrogen-bond donors (Lipinski definition) is 1. The third kappa shape index (κ3) is 4.02. The van der Waals surface area contributed by atoms with Crippen LogP contribution < -0.4 is 0 Å². The minimum atomic E-state index is -1.12. The van der Waals surface area contributed by atoms with Gasteiger partial charge in [-0.3, -0.25) is 0 Å². The molecule has 0 rings (SSSR count). The molecule has 2 nitrogen and oxygen atoms in total. The van der Waals surface area contributed by atoms with Crippen molar-refractivity contribution in [2.45, 2.75) is 12.6 Å². The third-order valence-electron chi connectivity index (χ3n) is 0.833. The van der Waals surface area contributed by atoms with Crippen LogP contribution in [0.5, 0.6) is 0 Å². The van der Waals surface area contributed by atoms with E-state index in [4.69, 9.17) is 5.11 Å². The second kappa shape index (κ2) is 5.00. The van der Waals surface area contributed by atoms with Crippen molar-refractivity contribution in [3.8, 4) is 0 Å². The molecule has 0 saturated carbocycles. The molecule has 0 saturated heterocycles. The Morgan fingerprint density at radius 2 is 2.38 bits per heavy atom. The topological polar surface area (TPSA) is 29.5 Å². The first-order valence-electron chi connectivity index (χ1n) is 2.55. The number of aliphatic hydroxyl groups excluding tert-OH is 1. The van der Waals surface area contributed by atoms with Crippen LogP contribution in [0.2, 0.25) is 0 Å². The minimum Gasteiger partial charge on any atom is -0.393 e. The maximum atomic E-state index is 12.0. The highest BCUT2D eigenvalue weighted by Crippen LogP contribution is 1.94. The average Bonchev–Trinajstić information content (AvgIpc) is 1.83. The molecule has 1 unspecified atom stereocenters. The molecule has 1 N–H and O–H groups in total. The van der Waals surface area contributed by atoms with Gasteiger partial charge in [-0.1, -0.05) is 0 Å². The highest BCUT2D eigenvalue weighted by molar-refractivity contribution is 4.50. The molecule has 0 radical (unpaired) electrons. The molecule has 0 bridgehead atoms. The van der Waals surface area contributed by atoms with Gasteiger partial charge in [-0.05, 0) is 0 Å². The van der Waals surface area contributed by atoms with Crippen LogP contribution in [0.15, 0.2) is 0 Å². The normalized spacial score (nSPS) is 13.9. The molecule has 0 aliphatic heterocycles. The molecule has 0 aliphatic rings. The SMILES string of the molecule is COCCC(F)CO. The molecule has 0 aromatic heterocycles. The molecule has 0 heterocycles. The van der Waals surface area contributed by atoms with Gasteiger partial charge >= 0.3 is 0 Å². The third-order valence-corrected chi connectivity index (χ3v) is 0.833. The number of rotatable bonds is 4. The van der Waals surface area contributed by atoms with E-state index in [-0.39, 0.29) is 6.42 Å². The van der Waals surface area contributed by atoms with Gasteiger partial charge in [0, 0.05) is 20.1 Å². The Kier molecular flexibility index (Phi) is 4.90. The van der Waals surface area contributed by atoms with Crippen molar-refractivity contribution in [3.63, 3.8) is 0 Å². The minimum absolute atomic E-state index is 0.285. The summed E-state index contributed by atoms with van der Waals surface area (Å²) in [5.41, 5.74) is 0. The summed E-state index contributed by atoms with van der Waals surface area (Å²) >= 11 is 0. The molecule has 0 aromatic carbocycles. The van der Waals surface area contributed by atoms with E-state index in [0.29, 0.717) is 6.61 Å². The zero-order valence-corrected chi connectivity index (χ0v) is 4.93. The Bertz CT molecular complexity index is 49.7. The van der Waals surface area contributed by atoms with E-state index in [1.165, 1.54) is 7.11 Å². The fourth-order valence-corrected chi connectivity index (χ4v) is 0.337. The Morgan fingerprint density at radius 1 is 1.75 bits per heavy atom. The van der Waals surface area contributed by atoms with Crippen molar-refractivity contribution in [1.29, 1.82) is 0 Å². The first-order chi connectivity index (χ1) is 3.81. The van der Waals surface area contributed by atoms with E-state index in [0.717, 1.165) is 0 Å². The van der Waals surface area contributed by atoms with Crippen molar-refractivity contribution in [3.05, 3.63) is 0 Å². The number of aliphatic hydroxyl groups is 1. The summed E-state index contributed by atoms with van der Waals surface area (Å²) in [6.45, 7) is -0.0227. The lowest BCUT2D eigenvalue weighted by molar-refractivity contribution is 0.121. The zero-order chi connectivity index (χ0) is 6.41. The monoisotopic (exact) mass is 122 g/mol. The first kappa shape index (κ1) is 7.85. The van der Waals surface area contributed by atoms with Gasteiger partial charge in [-0.15, -0.1) is 0 Å². The molecular weight excluding hydrogens is 111 g/mol. The Morgan fingerprint density at radius 3 is 2.75 bits per heavy atom. The Labute approximate surface area is 48.3 Å². The van der Waals surface area contributed by atoms with E-state index in [1.54, 1.807) is 0 Å². The van der Waals surface area contributed by atoms with Crippen LogP contribution in [0.4, 0.5) is 4.39 Å². The molecule has 1 atom stereocenters. The molecule has 0 fully saturated rings. The lowest BCUT2D eigenvalue weighted by atomic mass is 10.3. The second-order valence-electron chi connectivity index (χ2n) is 1.56. The predicted octanol–water partition coefficient (Wildman–Crippen LogP) is 0.353. The average molecular weight is 122 g/mol. The molecule has 0 aliphatic carbocycles. The van der Waals surface area contributed by atoms with Gasteiger partial charge in [-0.25, -0.2) is 4.39 Å². The lowest BCUT2D eigenvalue weighted by Crippen LogP contribution is -2.08. The molecule has 0 amide bonds. The van der Waals surface area contributed by atoms with Gasteiger partial charge in [0.15, 0.2) is 0 Å². The largest absolute Gasteiger partial charge is 0.393 e. The van der Waals surface area contributed by atoms with Gasteiger partial charge in [0.2, 0.25) is 0 Å². The highest BCUT2D eigenvalue weighted by Gasteiger charge is 2.01. The summed E-state index contributed by atoms with van der Waals surface area (Å²) in [7, 11) is 1.50. The van der Waals surface area contributed by atoms with Gasteiger partial charge in [0.25, 0.3) is 0 Å². The molecule has 3 heteroatoms. The van der Waals surface area contributed by atoms with Crippen molar-refractivity contribution >= 4 is 0 Å². The summed E-state index contributed by atoms with van der Waals surface area (Å²) in [6.07, 6.45) is -0.831. The summed E-state index contributed by atoms with van der Waals surface area (Å²) in [5, 5.41) is 8.13. The van der Waals surface area contributed by atoms with Crippen LogP contribution in [0, 0.1) is 0 Å². The number of ether oxygens (including phenoxy) is 1. The number of halogens is 1. The highest BCUT2D eigenvalue weighted by atomic mass is 19.1. The van der Waals surface area contributed by atoms with Gasteiger partial charge in [-0.2, -0.15) is 0 Å². The standard InChI is InChI=1S/C5H11FO2/c1-8-3-2-5(6)4-7/h5,7H,2-4H2,1H3. The molecular formula is C5H11FO2. The smallest absolute Gasteiger partial charge is 0.125 e. The van der Waals surface area contributed by atoms with Crippen LogP contribution in [0.25, 0.3) is 0 Å². The predicted molar refractivity (Wildman–Crippen MR) is 28.5 cm³/mol. The van der Waals surface area contributed by atoms with Gasteiger partial charge in [0.1, 0.15) is 6.17 Å². The van der Waals surface area contributed by atoms with Crippen LogP contribution in [-0.4, -0.2) is 31.6 Å². The Hall–Kier alpha value is -0.150. The Balaban J connectivity index is 2.86. The maximum absolute atomic E-state index is 12.0. The fraction of sp³-hybridized carbons (Fsp3) is 1.00. The zero-order valence-electron chi connectivity index (χ0n) is 4.93. The van der Waals surface area contributed by atoms with Crippen molar-refractivity contribution in [1.82, 2.24) is 0 Å². The van der Waals surface area contributed by atoms with Crippen LogP contribution >= 0.6 is 0 Å². The quantitative estimate of drug-likeness (QED) is 0.583. The summed E-state index contributed by atoms with van der Waals surface area (Å²) in [6, 6.07) is 0. The number of alkyl halides is 1. The molecule has 0 aromatic rings. The summed E-state index contributed by atoms with van der Waals surface area (Å²) in [5.74, 6) is 0. The number of methoxy groups -OCH3 is 1. The van der Waals surface area contributed by atoms with Crippen molar-refractivity contribution in [2.24, 2.45) is 0 Å². The lowest BCUT2D eigenvalue weighted by Gasteiger charge is -2.00. The summed E-state index contributed by atoms with van der Waals surface area (Å²) in [4.78, 5) is 0. The van der Waals surface area contributed by atoms with Crippen molar-refractivity contribution in [2.75, 3.05) is 20.3 Å². The first-order valence-corrected chi connectivity index (χ1v) is 2.55. The molecule has 8 heavy (non-hydrogen) atoms. The number of hydrogen-bond acceptors (Lipinski definition) is 2. The van der Waals surface area contributed by atoms with E-state index >= 15 is 0 Å². The second-order valence-corrected chi connectivity index (χ2v) is 1.56. The summed E-state index contributed by atoms with van der Waals surface area (Å²) < 4.78 is 16.6. The van der Waals surface area contributed by atoms with Crippen LogP contribution in [0.3, 0.4) is 0 Å². The maximum Gasteiger partial charge on any atom is 0.125 e. The fourth-order valence-electron chi connectivity index (χ4n) is 0.337. The molecule has 50 valence electrons. The van der Waals surface area contributed by atoms with Crippen molar-refractivity contribution < 1.29 is 14.2 Å². The van der Waals surface area contributed by atoms with E-state index in [9.17, 15) is 4.39 Å². The van der Waals surface area contributed by atoms with Crippen LogP contribution in [-0.2, 0) is 4.74 Å². The van der Waals surface area contributed by atoms with E-state index in [2.05, 4.69) is 4.74 Å². The van der Waals surface area contributed by atoms with Gasteiger partial charge in [0.05, 0.1) is 6.61 Å². The van der Waals surface area contributed by atoms with Gasteiger partial charge < -0.3 is 9.84 Å². The van der Waals surface area contributed by atoms with Crippen LogP contribution in [0.1, 0.15) is 6.42 Å². The van der Waals surface area contributed by atoms with E-state index in [1.807, 2.05) is 0 Å². The van der Waals surface area contributed by atoms with E-state index < -0.39 is 12.8 Å². The molecule has 0 spiro atoms.